The normalized spacial score (nSPS) is 11.0. The van der Waals surface area contributed by atoms with Crippen LogP contribution >= 0.6 is 0 Å². The zero-order chi connectivity index (χ0) is 21.8. The van der Waals surface area contributed by atoms with Gasteiger partial charge in [0, 0.05) is 43.2 Å². The lowest BCUT2D eigenvalue weighted by Crippen LogP contribution is -2.06. The van der Waals surface area contributed by atoms with E-state index in [1.807, 2.05) is 16.8 Å². The standard InChI is InChI=1S/C22H21N5O4/c1-2-31-22(28)17-6-9-20-19(14-17)24-21(16-4-7-18(8-5-16)27(29)30)26(20)12-3-11-25-13-10-23-15-25/h4-10,13-15H,2-3,11-12H2,1H3. The Morgan fingerprint density at radius 3 is 2.65 bits per heavy atom. The van der Waals surface area contributed by atoms with Gasteiger partial charge in [-0.1, -0.05) is 0 Å². The van der Waals surface area contributed by atoms with E-state index in [1.165, 1.54) is 12.1 Å². The van der Waals surface area contributed by atoms with Crippen molar-refractivity contribution in [3.63, 3.8) is 0 Å². The SMILES string of the molecule is CCOC(=O)c1ccc2c(c1)nc(-c1ccc([N+](=O)[O-])cc1)n2CCCn1ccnc1. The highest BCUT2D eigenvalue weighted by Gasteiger charge is 2.16. The number of hydrogen-bond donors (Lipinski definition) is 0. The number of hydrogen-bond acceptors (Lipinski definition) is 6. The van der Waals surface area contributed by atoms with Crippen LogP contribution in [0.4, 0.5) is 5.69 Å². The molecule has 0 atom stereocenters. The number of imidazole rings is 2. The van der Waals surface area contributed by atoms with Gasteiger partial charge in [0.05, 0.1) is 34.5 Å². The van der Waals surface area contributed by atoms with Crippen LogP contribution in [0.5, 0.6) is 0 Å². The Hall–Kier alpha value is -4.01. The number of rotatable bonds is 8. The second-order valence-electron chi connectivity index (χ2n) is 6.97. The summed E-state index contributed by atoms with van der Waals surface area (Å²) >= 11 is 0. The van der Waals surface area contributed by atoms with Gasteiger partial charge in [0.2, 0.25) is 0 Å². The molecule has 0 aliphatic heterocycles. The van der Waals surface area contributed by atoms with Gasteiger partial charge in [-0.2, -0.15) is 0 Å². The third kappa shape index (κ3) is 4.30. The topological polar surface area (TPSA) is 105 Å². The first-order valence-electron chi connectivity index (χ1n) is 9.95. The van der Waals surface area contributed by atoms with Crippen molar-refractivity contribution in [3.8, 4) is 11.4 Å². The van der Waals surface area contributed by atoms with Crippen molar-refractivity contribution >= 4 is 22.7 Å². The van der Waals surface area contributed by atoms with Crippen LogP contribution in [0.3, 0.4) is 0 Å². The molecule has 0 unspecified atom stereocenters. The number of benzene rings is 2. The number of esters is 1. The van der Waals surface area contributed by atoms with Gasteiger partial charge in [-0.15, -0.1) is 0 Å². The van der Waals surface area contributed by atoms with E-state index in [0.29, 0.717) is 30.1 Å². The third-order valence-electron chi connectivity index (χ3n) is 4.95. The molecule has 9 nitrogen and oxygen atoms in total. The summed E-state index contributed by atoms with van der Waals surface area (Å²) in [5, 5.41) is 11.0. The van der Waals surface area contributed by atoms with Gasteiger partial charge >= 0.3 is 5.97 Å². The largest absolute Gasteiger partial charge is 0.462 e. The van der Waals surface area contributed by atoms with Crippen molar-refractivity contribution in [2.75, 3.05) is 6.61 Å². The molecule has 0 fully saturated rings. The quantitative estimate of drug-likeness (QED) is 0.242. The van der Waals surface area contributed by atoms with Crippen LogP contribution in [0.15, 0.2) is 61.2 Å². The summed E-state index contributed by atoms with van der Waals surface area (Å²) in [6.45, 7) is 3.53. The Bertz CT molecular complexity index is 1210. The first kappa shape index (κ1) is 20.3. The lowest BCUT2D eigenvalue weighted by Gasteiger charge is -2.10. The number of nitrogens with zero attached hydrogens (tertiary/aromatic N) is 5. The molecular weight excluding hydrogens is 398 g/mol. The van der Waals surface area contributed by atoms with Crippen LogP contribution in [-0.4, -0.2) is 36.6 Å². The van der Waals surface area contributed by atoms with E-state index >= 15 is 0 Å². The summed E-state index contributed by atoms with van der Waals surface area (Å²) < 4.78 is 9.17. The molecule has 31 heavy (non-hydrogen) atoms. The summed E-state index contributed by atoms with van der Waals surface area (Å²) in [5.41, 5.74) is 2.78. The highest BCUT2D eigenvalue weighted by molar-refractivity contribution is 5.94. The molecule has 9 heteroatoms. The Kier molecular flexibility index (Phi) is 5.74. The lowest BCUT2D eigenvalue weighted by atomic mass is 10.2. The molecule has 0 spiro atoms. The molecule has 2 aromatic heterocycles. The lowest BCUT2D eigenvalue weighted by molar-refractivity contribution is -0.384. The molecule has 0 saturated carbocycles. The number of ether oxygens (including phenoxy) is 1. The molecule has 0 N–H and O–H groups in total. The van der Waals surface area contributed by atoms with Crippen molar-refractivity contribution in [1.82, 2.24) is 19.1 Å². The number of carbonyl (C=O) groups excluding carboxylic acids is 1. The highest BCUT2D eigenvalue weighted by atomic mass is 16.6. The molecule has 0 aliphatic rings. The van der Waals surface area contributed by atoms with E-state index in [4.69, 9.17) is 9.72 Å². The number of nitro benzene ring substituents is 1. The van der Waals surface area contributed by atoms with Gasteiger partial charge in [0.15, 0.2) is 0 Å². The smallest absolute Gasteiger partial charge is 0.338 e. The molecule has 4 aromatic rings. The zero-order valence-corrected chi connectivity index (χ0v) is 17.0. The molecule has 0 amide bonds. The number of aryl methyl sites for hydroxylation is 2. The van der Waals surface area contributed by atoms with Crippen LogP contribution < -0.4 is 0 Å². The van der Waals surface area contributed by atoms with Gasteiger partial charge in [-0.3, -0.25) is 10.1 Å². The maximum atomic E-state index is 12.1. The summed E-state index contributed by atoms with van der Waals surface area (Å²) in [6, 6.07) is 11.6. The molecule has 0 saturated heterocycles. The first-order valence-corrected chi connectivity index (χ1v) is 9.95. The Morgan fingerprint density at radius 2 is 1.97 bits per heavy atom. The van der Waals surface area contributed by atoms with Crippen molar-refractivity contribution < 1.29 is 14.5 Å². The van der Waals surface area contributed by atoms with E-state index in [1.54, 1.807) is 43.7 Å². The van der Waals surface area contributed by atoms with Gasteiger partial charge in [0.1, 0.15) is 5.82 Å². The first-order chi connectivity index (χ1) is 15.1. The Balaban J connectivity index is 1.71. The number of aromatic nitrogens is 4. The number of nitro groups is 1. The third-order valence-corrected chi connectivity index (χ3v) is 4.95. The molecule has 158 valence electrons. The maximum Gasteiger partial charge on any atom is 0.338 e. The minimum Gasteiger partial charge on any atom is -0.462 e. The number of fused-ring (bicyclic) bond motifs is 1. The molecular formula is C22H21N5O4. The molecule has 4 rings (SSSR count). The van der Waals surface area contributed by atoms with Crippen molar-refractivity contribution in [2.24, 2.45) is 0 Å². The van der Waals surface area contributed by atoms with E-state index in [0.717, 1.165) is 24.0 Å². The average Bonchev–Trinajstić information content (AvgIpc) is 3.42. The van der Waals surface area contributed by atoms with Crippen molar-refractivity contribution in [1.29, 1.82) is 0 Å². The van der Waals surface area contributed by atoms with Gasteiger partial charge in [-0.25, -0.2) is 14.8 Å². The van der Waals surface area contributed by atoms with Gasteiger partial charge in [-0.05, 0) is 43.7 Å². The maximum absolute atomic E-state index is 12.1. The molecule has 2 heterocycles. The van der Waals surface area contributed by atoms with E-state index in [9.17, 15) is 14.9 Å². The average molecular weight is 419 g/mol. The van der Waals surface area contributed by atoms with E-state index in [-0.39, 0.29) is 5.69 Å². The second-order valence-corrected chi connectivity index (χ2v) is 6.97. The van der Waals surface area contributed by atoms with Crippen LogP contribution in [-0.2, 0) is 17.8 Å². The summed E-state index contributed by atoms with van der Waals surface area (Å²) in [5.74, 6) is 0.299. The Morgan fingerprint density at radius 1 is 1.16 bits per heavy atom. The van der Waals surface area contributed by atoms with Crippen molar-refractivity contribution in [2.45, 2.75) is 26.4 Å². The van der Waals surface area contributed by atoms with Gasteiger partial charge < -0.3 is 13.9 Å². The number of non-ortho nitro benzene ring substituents is 1. The van der Waals surface area contributed by atoms with E-state index < -0.39 is 10.9 Å². The molecule has 0 aliphatic carbocycles. The second kappa shape index (κ2) is 8.78. The van der Waals surface area contributed by atoms with Crippen LogP contribution in [0, 0.1) is 10.1 Å². The highest BCUT2D eigenvalue weighted by Crippen LogP contribution is 2.28. The fourth-order valence-corrected chi connectivity index (χ4v) is 3.48. The molecule has 0 bridgehead atoms. The summed E-state index contributed by atoms with van der Waals surface area (Å²) in [4.78, 5) is 31.5. The summed E-state index contributed by atoms with van der Waals surface area (Å²) in [7, 11) is 0. The Labute approximate surface area is 178 Å². The molecule has 0 radical (unpaired) electrons. The van der Waals surface area contributed by atoms with Crippen LogP contribution in [0.1, 0.15) is 23.7 Å². The zero-order valence-electron chi connectivity index (χ0n) is 17.0. The predicted octanol–water partition coefficient (Wildman–Crippen LogP) is 4.08. The summed E-state index contributed by atoms with van der Waals surface area (Å²) in [6.07, 6.45) is 6.26. The fraction of sp³-hybridized carbons (Fsp3) is 0.227. The minimum absolute atomic E-state index is 0.0242. The van der Waals surface area contributed by atoms with Crippen LogP contribution in [0.25, 0.3) is 22.4 Å². The van der Waals surface area contributed by atoms with Gasteiger partial charge in [0.25, 0.3) is 5.69 Å². The monoisotopic (exact) mass is 419 g/mol. The number of carbonyl (C=O) groups is 1. The minimum atomic E-state index is -0.427. The van der Waals surface area contributed by atoms with Crippen LogP contribution in [0.2, 0.25) is 0 Å². The molecule has 2 aromatic carbocycles. The predicted molar refractivity (Wildman–Crippen MR) is 115 cm³/mol. The van der Waals surface area contributed by atoms with E-state index in [2.05, 4.69) is 9.55 Å². The fourth-order valence-electron chi connectivity index (χ4n) is 3.48. The van der Waals surface area contributed by atoms with Crippen molar-refractivity contribution in [3.05, 3.63) is 76.9 Å².